The van der Waals surface area contributed by atoms with Crippen molar-refractivity contribution in [2.45, 2.75) is 6.42 Å². The molecule has 8 nitrogen and oxygen atoms in total. The molecule has 186 valence electrons. The third-order valence-electron chi connectivity index (χ3n) is 5.58. The van der Waals surface area contributed by atoms with E-state index in [0.29, 0.717) is 5.02 Å². The van der Waals surface area contributed by atoms with E-state index in [4.69, 9.17) is 39.5 Å². The van der Waals surface area contributed by atoms with Gasteiger partial charge in [-0.25, -0.2) is 4.98 Å². The number of likely N-dealkylation sites (tertiary alicyclic amines) is 1. The fourth-order valence-corrected chi connectivity index (χ4v) is 4.27. The Morgan fingerprint density at radius 3 is 2.31 bits per heavy atom. The molecule has 0 bridgehead atoms. The molecule has 0 spiro atoms. The highest BCUT2D eigenvalue weighted by Gasteiger charge is 2.23. The lowest BCUT2D eigenvalue weighted by atomic mass is 10.1. The van der Waals surface area contributed by atoms with Crippen molar-refractivity contribution < 1.29 is 14.3 Å². The van der Waals surface area contributed by atoms with Crippen molar-refractivity contribution in [3.63, 3.8) is 0 Å². The SMILES string of the molecule is CN=C(c1ccc(C(=O)Nc2c(OC)cc(Cl)cc2C(=O)Nc2ccc(Cl)cn2)c(Cl)c1)N1CCC1. The first-order valence-corrected chi connectivity index (χ1v) is 12.1. The van der Waals surface area contributed by atoms with E-state index in [1.807, 2.05) is 0 Å². The van der Waals surface area contributed by atoms with E-state index in [0.717, 1.165) is 30.9 Å². The van der Waals surface area contributed by atoms with Gasteiger partial charge in [-0.05, 0) is 36.8 Å². The van der Waals surface area contributed by atoms with Crippen LogP contribution in [0.2, 0.25) is 15.1 Å². The summed E-state index contributed by atoms with van der Waals surface area (Å²) in [6.07, 6.45) is 2.51. The van der Waals surface area contributed by atoms with Crippen molar-refractivity contribution in [3.8, 4) is 5.75 Å². The van der Waals surface area contributed by atoms with Crippen LogP contribution < -0.4 is 15.4 Å². The number of anilines is 2. The van der Waals surface area contributed by atoms with Crippen LogP contribution in [0.25, 0.3) is 0 Å². The van der Waals surface area contributed by atoms with Crippen LogP contribution in [0.15, 0.2) is 53.7 Å². The van der Waals surface area contributed by atoms with Gasteiger partial charge in [0.15, 0.2) is 0 Å². The van der Waals surface area contributed by atoms with E-state index < -0.39 is 11.8 Å². The second-order valence-electron chi connectivity index (χ2n) is 7.88. The highest BCUT2D eigenvalue weighted by atomic mass is 35.5. The Bertz CT molecular complexity index is 1340. The molecular weight excluding hydrogens is 525 g/mol. The summed E-state index contributed by atoms with van der Waals surface area (Å²) in [7, 11) is 3.13. The number of rotatable bonds is 6. The number of ether oxygens (including phenoxy) is 1. The van der Waals surface area contributed by atoms with Crippen LogP contribution in [-0.4, -0.2) is 54.8 Å². The molecule has 2 aromatic carbocycles. The Labute approximate surface area is 223 Å². The molecule has 0 radical (unpaired) electrons. The van der Waals surface area contributed by atoms with E-state index >= 15 is 0 Å². The van der Waals surface area contributed by atoms with Gasteiger partial charge < -0.3 is 20.3 Å². The summed E-state index contributed by atoms with van der Waals surface area (Å²) in [5, 5.41) is 6.33. The first-order valence-electron chi connectivity index (χ1n) is 10.9. The highest BCUT2D eigenvalue weighted by molar-refractivity contribution is 6.35. The third kappa shape index (κ3) is 5.56. The number of aromatic nitrogens is 1. The number of carbonyl (C=O) groups excluding carboxylic acids is 2. The highest BCUT2D eigenvalue weighted by Crippen LogP contribution is 2.34. The van der Waals surface area contributed by atoms with Gasteiger partial charge in [-0.2, -0.15) is 0 Å². The number of aliphatic imine (C=N–C) groups is 1. The van der Waals surface area contributed by atoms with Gasteiger partial charge >= 0.3 is 0 Å². The van der Waals surface area contributed by atoms with E-state index in [9.17, 15) is 9.59 Å². The maximum absolute atomic E-state index is 13.2. The molecule has 2 N–H and O–H groups in total. The molecular formula is C25H22Cl3N5O3. The normalized spacial score (nSPS) is 13.1. The van der Waals surface area contributed by atoms with E-state index in [2.05, 4.69) is 25.5 Å². The molecule has 4 rings (SSSR count). The summed E-state index contributed by atoms with van der Waals surface area (Å²) in [5.41, 5.74) is 1.26. The van der Waals surface area contributed by atoms with Gasteiger partial charge in [0.2, 0.25) is 0 Å². The van der Waals surface area contributed by atoms with Gasteiger partial charge in [-0.15, -0.1) is 0 Å². The van der Waals surface area contributed by atoms with Crippen molar-refractivity contribution in [2.75, 3.05) is 37.9 Å². The number of methoxy groups -OCH3 is 1. The first kappa shape index (κ1) is 25.8. The lowest BCUT2D eigenvalue weighted by Gasteiger charge is -2.34. The molecule has 3 aromatic rings. The summed E-state index contributed by atoms with van der Waals surface area (Å²) >= 11 is 18.6. The molecule has 1 aliphatic heterocycles. The quantitative estimate of drug-likeness (QED) is 0.308. The number of amides is 2. The predicted molar refractivity (Wildman–Crippen MR) is 143 cm³/mol. The number of amidine groups is 1. The number of nitrogens with one attached hydrogen (secondary N) is 2. The van der Waals surface area contributed by atoms with Crippen molar-refractivity contribution in [1.82, 2.24) is 9.88 Å². The average Bonchev–Trinajstić information content (AvgIpc) is 2.83. The molecule has 0 aliphatic carbocycles. The van der Waals surface area contributed by atoms with E-state index in [1.54, 1.807) is 37.4 Å². The summed E-state index contributed by atoms with van der Waals surface area (Å²) in [5.74, 6) is 0.223. The van der Waals surface area contributed by atoms with Crippen LogP contribution in [-0.2, 0) is 0 Å². The van der Waals surface area contributed by atoms with Gasteiger partial charge in [0.25, 0.3) is 11.8 Å². The smallest absolute Gasteiger partial charge is 0.259 e. The summed E-state index contributed by atoms with van der Waals surface area (Å²) in [6.45, 7) is 1.86. The van der Waals surface area contributed by atoms with Crippen molar-refractivity contribution >= 4 is 64.0 Å². The molecule has 2 amide bonds. The second kappa shape index (κ2) is 11.2. The van der Waals surface area contributed by atoms with Crippen LogP contribution in [0.1, 0.15) is 32.7 Å². The maximum Gasteiger partial charge on any atom is 0.259 e. The minimum absolute atomic E-state index is 0.0791. The van der Waals surface area contributed by atoms with Crippen LogP contribution in [0, 0.1) is 0 Å². The number of hydrogen-bond acceptors (Lipinski definition) is 5. The van der Waals surface area contributed by atoms with E-state index in [-0.39, 0.29) is 38.4 Å². The maximum atomic E-state index is 13.2. The molecule has 1 saturated heterocycles. The van der Waals surface area contributed by atoms with Gasteiger partial charge in [-0.3, -0.25) is 14.6 Å². The largest absolute Gasteiger partial charge is 0.494 e. The van der Waals surface area contributed by atoms with Crippen LogP contribution in [0.5, 0.6) is 5.75 Å². The molecule has 1 fully saturated rings. The van der Waals surface area contributed by atoms with Crippen molar-refractivity contribution in [1.29, 1.82) is 0 Å². The number of carbonyl (C=O) groups is 2. The number of benzene rings is 2. The van der Waals surface area contributed by atoms with E-state index in [1.165, 1.54) is 25.4 Å². The second-order valence-corrected chi connectivity index (χ2v) is 9.16. The molecule has 36 heavy (non-hydrogen) atoms. The number of pyridine rings is 1. The van der Waals surface area contributed by atoms with Gasteiger partial charge in [0.05, 0.1) is 34.0 Å². The van der Waals surface area contributed by atoms with Crippen LogP contribution in [0.3, 0.4) is 0 Å². The molecule has 1 aromatic heterocycles. The summed E-state index contributed by atoms with van der Waals surface area (Å²) in [4.78, 5) is 36.9. The standard InChI is InChI=1S/C25H22Cl3N5O3/c1-29-23(33-8-3-9-33)14-4-6-17(19(28)10-14)24(34)32-22-18(11-16(27)12-20(22)36-2)25(35)31-21-7-5-15(26)13-30-21/h4-7,10-13H,3,8-9H2,1-2H3,(H,32,34)(H,30,31,35). The Hall–Kier alpha value is -3.33. The molecule has 2 heterocycles. The number of nitrogens with zero attached hydrogens (tertiary/aromatic N) is 3. The molecule has 11 heteroatoms. The first-order chi connectivity index (χ1) is 17.3. The summed E-state index contributed by atoms with van der Waals surface area (Å²) < 4.78 is 5.39. The van der Waals surface area contributed by atoms with Gasteiger partial charge in [0, 0.05) is 43.0 Å². The Kier molecular flexibility index (Phi) is 7.98. The lowest BCUT2D eigenvalue weighted by molar-refractivity contribution is 0.102. The summed E-state index contributed by atoms with van der Waals surface area (Å²) in [6, 6.07) is 11.2. The number of hydrogen-bond donors (Lipinski definition) is 2. The minimum Gasteiger partial charge on any atom is -0.494 e. The van der Waals surface area contributed by atoms with Crippen molar-refractivity contribution in [3.05, 3.63) is 80.4 Å². The monoisotopic (exact) mass is 545 g/mol. The fourth-order valence-electron chi connectivity index (χ4n) is 3.68. The van der Waals surface area contributed by atoms with Crippen LogP contribution in [0.4, 0.5) is 11.5 Å². The Morgan fingerprint density at radius 2 is 1.72 bits per heavy atom. The molecule has 1 aliphatic rings. The zero-order chi connectivity index (χ0) is 25.8. The molecule has 0 atom stereocenters. The zero-order valence-corrected chi connectivity index (χ0v) is 21.7. The molecule has 0 saturated carbocycles. The number of halogens is 3. The van der Waals surface area contributed by atoms with Gasteiger partial charge in [-0.1, -0.05) is 40.9 Å². The Morgan fingerprint density at radius 1 is 0.972 bits per heavy atom. The van der Waals surface area contributed by atoms with Crippen LogP contribution >= 0.6 is 34.8 Å². The topological polar surface area (TPSA) is 95.9 Å². The zero-order valence-electron chi connectivity index (χ0n) is 19.4. The predicted octanol–water partition coefficient (Wildman–Crippen LogP) is 5.64. The Balaban J connectivity index is 1.62. The fraction of sp³-hybridized carbons (Fsp3) is 0.200. The van der Waals surface area contributed by atoms with Crippen molar-refractivity contribution in [2.24, 2.45) is 4.99 Å². The lowest BCUT2D eigenvalue weighted by Crippen LogP contribution is -2.42. The minimum atomic E-state index is -0.555. The van der Waals surface area contributed by atoms with Gasteiger partial charge in [0.1, 0.15) is 17.4 Å². The third-order valence-corrected chi connectivity index (χ3v) is 6.33. The average molecular weight is 547 g/mol. The molecule has 0 unspecified atom stereocenters.